The zero-order chi connectivity index (χ0) is 27.5. The fraction of sp³-hybridized carbons (Fsp3) is 0.357. The van der Waals surface area contributed by atoms with Gasteiger partial charge >= 0.3 is 6.18 Å². The molecule has 1 heterocycles. The van der Waals surface area contributed by atoms with Crippen LogP contribution in [0.3, 0.4) is 0 Å². The molecule has 0 spiro atoms. The summed E-state index contributed by atoms with van der Waals surface area (Å²) in [5.41, 5.74) is 2.68. The zero-order valence-electron chi connectivity index (χ0n) is 21.3. The third-order valence-electron chi connectivity index (χ3n) is 5.62. The van der Waals surface area contributed by atoms with E-state index < -0.39 is 17.6 Å². The largest absolute Gasteiger partial charge is 0.476 e. The van der Waals surface area contributed by atoms with Crippen molar-refractivity contribution in [1.82, 2.24) is 4.98 Å². The minimum atomic E-state index is -4.55. The molecule has 0 bridgehead atoms. The predicted octanol–water partition coefficient (Wildman–Crippen LogP) is 6.83. The van der Waals surface area contributed by atoms with Crippen LogP contribution in [0.2, 0.25) is 0 Å². The minimum absolute atomic E-state index is 0.0117. The third kappa shape index (κ3) is 8.37. The number of benzene rings is 2. The Labute approximate surface area is 219 Å². The van der Waals surface area contributed by atoms with Crippen molar-refractivity contribution in [3.05, 3.63) is 81.9 Å². The molecule has 10 heteroatoms. The van der Waals surface area contributed by atoms with Crippen LogP contribution in [-0.2, 0) is 17.3 Å². The molecule has 202 valence electrons. The number of amides is 1. The molecule has 1 amide bonds. The lowest BCUT2D eigenvalue weighted by atomic mass is 9.99. The number of alkyl halides is 3. The topological polar surface area (TPSA) is 89.9 Å². The molecule has 0 atom stereocenters. The Morgan fingerprint density at radius 2 is 1.87 bits per heavy atom. The Morgan fingerprint density at radius 1 is 1.05 bits per heavy atom. The molecule has 0 unspecified atom stereocenters. The van der Waals surface area contributed by atoms with E-state index in [0.29, 0.717) is 31.2 Å². The van der Waals surface area contributed by atoms with Gasteiger partial charge in [-0.2, -0.15) is 18.1 Å². The van der Waals surface area contributed by atoms with E-state index >= 15 is 0 Å². The number of hydrogen-bond donors (Lipinski definition) is 1. The van der Waals surface area contributed by atoms with Crippen molar-refractivity contribution in [3.63, 3.8) is 0 Å². The molecule has 3 rings (SSSR count). The standard InChI is InChI=1S/C28H30F3N3O4/c1-3-12-37-13-5-8-23-16-21(17-26(33-23)38-14-11-32-36)25-18-24(10-9-19(25)2)34-27(35)20-6-4-7-22(15-20)28(29,30)31/h4,6-7,9-10,15-18H,3,5,8,11-14H2,1-2H3,(H,34,35). The van der Waals surface area contributed by atoms with Crippen LogP contribution in [0, 0.1) is 11.8 Å². The number of halogens is 3. The number of anilines is 1. The van der Waals surface area contributed by atoms with E-state index in [9.17, 15) is 22.9 Å². The first-order valence-electron chi connectivity index (χ1n) is 12.3. The second-order valence-electron chi connectivity index (χ2n) is 8.66. The van der Waals surface area contributed by atoms with Gasteiger partial charge in [0.05, 0.1) is 5.56 Å². The maximum absolute atomic E-state index is 13.1. The van der Waals surface area contributed by atoms with Crippen molar-refractivity contribution in [2.45, 2.75) is 39.3 Å². The lowest BCUT2D eigenvalue weighted by Gasteiger charge is -2.14. The second kappa shape index (κ2) is 13.7. The minimum Gasteiger partial charge on any atom is -0.476 e. The average molecular weight is 530 g/mol. The monoisotopic (exact) mass is 529 g/mol. The summed E-state index contributed by atoms with van der Waals surface area (Å²) in [5.74, 6) is -0.313. The normalized spacial score (nSPS) is 11.3. The molecule has 3 aromatic rings. The highest BCUT2D eigenvalue weighted by molar-refractivity contribution is 6.04. The van der Waals surface area contributed by atoms with Gasteiger partial charge in [-0.25, -0.2) is 4.98 Å². The average Bonchev–Trinajstić information content (AvgIpc) is 2.89. The fourth-order valence-corrected chi connectivity index (χ4v) is 3.76. The highest BCUT2D eigenvalue weighted by Crippen LogP contribution is 2.31. The molecule has 0 fully saturated rings. The number of aromatic nitrogens is 1. The Kier molecular flexibility index (Phi) is 10.3. The van der Waals surface area contributed by atoms with E-state index in [4.69, 9.17) is 9.47 Å². The smallest absolute Gasteiger partial charge is 0.416 e. The summed E-state index contributed by atoms with van der Waals surface area (Å²) in [5, 5.41) is 5.49. The Hall–Kier alpha value is -3.79. The van der Waals surface area contributed by atoms with E-state index in [0.717, 1.165) is 47.4 Å². The number of pyridine rings is 1. The first-order valence-corrected chi connectivity index (χ1v) is 12.3. The lowest BCUT2D eigenvalue weighted by Crippen LogP contribution is -2.14. The summed E-state index contributed by atoms with van der Waals surface area (Å²) < 4.78 is 50.4. The van der Waals surface area contributed by atoms with E-state index in [-0.39, 0.29) is 18.7 Å². The van der Waals surface area contributed by atoms with Gasteiger partial charge in [0.2, 0.25) is 5.88 Å². The summed E-state index contributed by atoms with van der Waals surface area (Å²) in [7, 11) is 0. The van der Waals surface area contributed by atoms with Gasteiger partial charge in [-0.3, -0.25) is 4.79 Å². The molecule has 38 heavy (non-hydrogen) atoms. The number of carbonyl (C=O) groups is 1. The van der Waals surface area contributed by atoms with E-state index in [2.05, 4.69) is 15.5 Å². The molecular weight excluding hydrogens is 499 g/mol. The SMILES string of the molecule is CCCOCCCc1cc(-c2cc(NC(=O)c3cccc(C(F)(F)F)c3)ccc2C)cc(OCCN=O)n1. The summed E-state index contributed by atoms with van der Waals surface area (Å²) in [6.07, 6.45) is -2.20. The van der Waals surface area contributed by atoms with Crippen LogP contribution in [0.25, 0.3) is 11.1 Å². The van der Waals surface area contributed by atoms with Crippen LogP contribution >= 0.6 is 0 Å². The van der Waals surface area contributed by atoms with Gasteiger partial charge in [-0.15, -0.1) is 0 Å². The lowest BCUT2D eigenvalue weighted by molar-refractivity contribution is -0.137. The van der Waals surface area contributed by atoms with Gasteiger partial charge in [0.15, 0.2) is 0 Å². The molecule has 2 aromatic carbocycles. The maximum Gasteiger partial charge on any atom is 0.416 e. The highest BCUT2D eigenvalue weighted by Gasteiger charge is 2.30. The molecular formula is C28H30F3N3O4. The number of nitrogens with zero attached hydrogens (tertiary/aromatic N) is 2. The first-order chi connectivity index (χ1) is 18.2. The van der Waals surface area contributed by atoms with Crippen LogP contribution < -0.4 is 10.1 Å². The van der Waals surface area contributed by atoms with Gasteiger partial charge in [0, 0.05) is 36.2 Å². The quantitative estimate of drug-likeness (QED) is 0.194. The van der Waals surface area contributed by atoms with Crippen molar-refractivity contribution < 1.29 is 27.4 Å². The maximum atomic E-state index is 13.1. The summed E-state index contributed by atoms with van der Waals surface area (Å²) in [6.45, 7) is 5.32. The number of nitrogens with one attached hydrogen (secondary N) is 1. The summed E-state index contributed by atoms with van der Waals surface area (Å²) >= 11 is 0. The van der Waals surface area contributed by atoms with E-state index in [1.54, 1.807) is 18.2 Å². The Bertz CT molecular complexity index is 1250. The predicted molar refractivity (Wildman–Crippen MR) is 139 cm³/mol. The molecule has 0 radical (unpaired) electrons. The third-order valence-corrected chi connectivity index (χ3v) is 5.62. The van der Waals surface area contributed by atoms with Crippen LogP contribution in [0.1, 0.15) is 46.9 Å². The summed E-state index contributed by atoms with van der Waals surface area (Å²) in [4.78, 5) is 27.7. The van der Waals surface area contributed by atoms with Crippen LogP contribution in [0.4, 0.5) is 18.9 Å². The molecule has 0 saturated heterocycles. The van der Waals surface area contributed by atoms with Gasteiger partial charge in [0.1, 0.15) is 13.2 Å². The number of ether oxygens (including phenoxy) is 2. The molecule has 0 aliphatic carbocycles. The van der Waals surface area contributed by atoms with Gasteiger partial charge in [-0.1, -0.05) is 24.2 Å². The second-order valence-corrected chi connectivity index (χ2v) is 8.66. The Morgan fingerprint density at radius 3 is 2.61 bits per heavy atom. The molecule has 0 aliphatic heterocycles. The van der Waals surface area contributed by atoms with Gasteiger partial charge < -0.3 is 14.8 Å². The van der Waals surface area contributed by atoms with Crippen molar-refractivity contribution in [3.8, 4) is 17.0 Å². The highest BCUT2D eigenvalue weighted by atomic mass is 19.4. The molecule has 1 aromatic heterocycles. The molecule has 1 N–H and O–H groups in total. The van der Waals surface area contributed by atoms with Crippen molar-refractivity contribution in [2.75, 3.05) is 31.7 Å². The number of carbonyl (C=O) groups excluding carboxylic acids is 1. The van der Waals surface area contributed by atoms with Crippen LogP contribution in [0.15, 0.2) is 59.8 Å². The van der Waals surface area contributed by atoms with Crippen molar-refractivity contribution in [1.29, 1.82) is 0 Å². The number of nitroso groups, excluding NO2 is 1. The number of rotatable bonds is 13. The van der Waals surface area contributed by atoms with Crippen molar-refractivity contribution in [2.24, 2.45) is 5.18 Å². The number of aryl methyl sites for hydroxylation is 2. The van der Waals surface area contributed by atoms with E-state index in [1.807, 2.05) is 26.0 Å². The fourth-order valence-electron chi connectivity index (χ4n) is 3.76. The Balaban J connectivity index is 1.86. The van der Waals surface area contributed by atoms with Gasteiger partial charge in [-0.05, 0) is 79.3 Å². The molecule has 0 saturated carbocycles. The number of hydrogen-bond acceptors (Lipinski definition) is 6. The molecule has 7 nitrogen and oxygen atoms in total. The first kappa shape index (κ1) is 28.8. The van der Waals surface area contributed by atoms with Crippen LogP contribution in [-0.4, -0.2) is 37.3 Å². The summed E-state index contributed by atoms with van der Waals surface area (Å²) in [6, 6.07) is 13.2. The van der Waals surface area contributed by atoms with E-state index in [1.165, 1.54) is 12.1 Å². The molecule has 0 aliphatic rings. The van der Waals surface area contributed by atoms with Crippen LogP contribution in [0.5, 0.6) is 5.88 Å². The zero-order valence-corrected chi connectivity index (χ0v) is 21.3. The van der Waals surface area contributed by atoms with Crippen molar-refractivity contribution >= 4 is 11.6 Å². The van der Waals surface area contributed by atoms with Gasteiger partial charge in [0.25, 0.3) is 5.91 Å².